The number of carbonyl (C=O) groups is 1. The smallest absolute Gasteiger partial charge is 0.227 e. The highest BCUT2D eigenvalue weighted by molar-refractivity contribution is 5.96. The monoisotopic (exact) mass is 232 g/mol. The quantitative estimate of drug-likeness (QED) is 0.721. The van der Waals surface area contributed by atoms with E-state index in [1.54, 1.807) is 24.3 Å². The number of benzene rings is 1. The molecule has 0 spiro atoms. The molecule has 1 heterocycles. The van der Waals surface area contributed by atoms with Gasteiger partial charge in [-0.15, -0.1) is 0 Å². The van der Waals surface area contributed by atoms with E-state index >= 15 is 0 Å². The molecule has 1 aromatic rings. The first-order chi connectivity index (χ1) is 8.13. The molecule has 2 N–H and O–H groups in total. The van der Waals surface area contributed by atoms with E-state index in [2.05, 4.69) is 0 Å². The van der Waals surface area contributed by atoms with Gasteiger partial charge in [0.15, 0.2) is 6.29 Å². The van der Waals surface area contributed by atoms with Crippen molar-refractivity contribution in [3.8, 4) is 6.07 Å². The van der Waals surface area contributed by atoms with Gasteiger partial charge in [0.2, 0.25) is 5.91 Å². The largest absolute Gasteiger partial charge is 0.366 e. The van der Waals surface area contributed by atoms with Crippen molar-refractivity contribution >= 4 is 11.6 Å². The lowest BCUT2D eigenvalue weighted by atomic mass is 10.1. The molecule has 0 aromatic heterocycles. The number of carbonyl (C=O) groups excluding carboxylic acids is 1. The topological polar surface area (TPSA) is 84.6 Å². The fourth-order valence-corrected chi connectivity index (χ4v) is 2.05. The SMILES string of the molecule is N#Cc1cccc(N2C(=O)CC[C@H]2C(O)O)c1. The highest BCUT2D eigenvalue weighted by Crippen LogP contribution is 2.28. The summed E-state index contributed by atoms with van der Waals surface area (Å²) in [5, 5.41) is 27.2. The summed E-state index contributed by atoms with van der Waals surface area (Å²) in [6, 6.07) is 7.91. The molecule has 5 heteroatoms. The standard InChI is InChI=1S/C12H12N2O3/c13-7-8-2-1-3-9(6-8)14-10(12(16)17)4-5-11(14)15/h1-3,6,10,12,16-17H,4-5H2/t10-/m0/s1. The van der Waals surface area contributed by atoms with Gasteiger partial charge >= 0.3 is 0 Å². The van der Waals surface area contributed by atoms with Crippen LogP contribution in [0.1, 0.15) is 18.4 Å². The number of nitrogens with zero attached hydrogens (tertiary/aromatic N) is 2. The maximum atomic E-state index is 11.7. The van der Waals surface area contributed by atoms with Crippen molar-refractivity contribution in [3.63, 3.8) is 0 Å². The van der Waals surface area contributed by atoms with Gasteiger partial charge in [-0.3, -0.25) is 4.79 Å². The maximum Gasteiger partial charge on any atom is 0.227 e. The lowest BCUT2D eigenvalue weighted by Gasteiger charge is -2.26. The van der Waals surface area contributed by atoms with Crippen LogP contribution in [-0.4, -0.2) is 28.5 Å². The van der Waals surface area contributed by atoms with Crippen LogP contribution in [0.25, 0.3) is 0 Å². The van der Waals surface area contributed by atoms with Gasteiger partial charge in [-0.05, 0) is 24.6 Å². The van der Waals surface area contributed by atoms with Gasteiger partial charge in [-0.25, -0.2) is 0 Å². The predicted octanol–water partition coefficient (Wildman–Crippen LogP) is 0.364. The van der Waals surface area contributed by atoms with Gasteiger partial charge in [-0.2, -0.15) is 5.26 Å². The van der Waals surface area contributed by atoms with Crippen molar-refractivity contribution in [2.24, 2.45) is 0 Å². The average molecular weight is 232 g/mol. The fourth-order valence-electron chi connectivity index (χ4n) is 2.05. The van der Waals surface area contributed by atoms with Crippen molar-refractivity contribution in [3.05, 3.63) is 29.8 Å². The summed E-state index contributed by atoms with van der Waals surface area (Å²) in [4.78, 5) is 13.1. The number of aliphatic hydroxyl groups is 2. The molecule has 1 aliphatic rings. The maximum absolute atomic E-state index is 11.7. The Hall–Kier alpha value is -1.90. The Kier molecular flexibility index (Phi) is 3.09. The minimum Gasteiger partial charge on any atom is -0.366 e. The number of anilines is 1. The lowest BCUT2D eigenvalue weighted by molar-refractivity contribution is -0.118. The van der Waals surface area contributed by atoms with Gasteiger partial charge < -0.3 is 15.1 Å². The molecule has 1 aliphatic heterocycles. The third-order valence-electron chi connectivity index (χ3n) is 2.85. The van der Waals surface area contributed by atoms with E-state index in [1.165, 1.54) is 4.90 Å². The van der Waals surface area contributed by atoms with Crippen LogP contribution in [0.2, 0.25) is 0 Å². The summed E-state index contributed by atoms with van der Waals surface area (Å²) in [5.41, 5.74) is 0.970. The molecule has 0 aliphatic carbocycles. The lowest BCUT2D eigenvalue weighted by Crippen LogP contribution is -2.41. The first-order valence-electron chi connectivity index (χ1n) is 5.32. The Bertz CT molecular complexity index is 479. The minimum absolute atomic E-state index is 0.154. The minimum atomic E-state index is -1.56. The molecule has 0 unspecified atom stereocenters. The average Bonchev–Trinajstić information content (AvgIpc) is 2.71. The van der Waals surface area contributed by atoms with E-state index < -0.39 is 12.3 Å². The van der Waals surface area contributed by atoms with E-state index in [4.69, 9.17) is 5.26 Å². The molecule has 88 valence electrons. The molecule has 1 aromatic carbocycles. The molecule has 0 saturated carbocycles. The first kappa shape index (κ1) is 11.6. The van der Waals surface area contributed by atoms with Crippen LogP contribution in [-0.2, 0) is 4.79 Å². The number of hydrogen-bond acceptors (Lipinski definition) is 4. The summed E-state index contributed by atoms with van der Waals surface area (Å²) in [6.07, 6.45) is -0.862. The van der Waals surface area contributed by atoms with E-state index in [9.17, 15) is 15.0 Å². The zero-order valence-corrected chi connectivity index (χ0v) is 9.08. The molecule has 1 saturated heterocycles. The molecular weight excluding hydrogens is 220 g/mol. The van der Waals surface area contributed by atoms with E-state index in [1.807, 2.05) is 6.07 Å². The Morgan fingerprint density at radius 3 is 2.88 bits per heavy atom. The van der Waals surface area contributed by atoms with Crippen molar-refractivity contribution < 1.29 is 15.0 Å². The Balaban J connectivity index is 2.36. The number of nitriles is 1. The zero-order valence-electron chi connectivity index (χ0n) is 9.08. The predicted molar refractivity (Wildman–Crippen MR) is 59.9 cm³/mol. The summed E-state index contributed by atoms with van der Waals surface area (Å²) >= 11 is 0. The summed E-state index contributed by atoms with van der Waals surface area (Å²) < 4.78 is 0. The van der Waals surface area contributed by atoms with Crippen LogP contribution in [0.5, 0.6) is 0 Å². The Morgan fingerprint density at radius 2 is 2.24 bits per heavy atom. The van der Waals surface area contributed by atoms with E-state index in [0.717, 1.165) is 0 Å². The Morgan fingerprint density at radius 1 is 1.47 bits per heavy atom. The molecular formula is C12H12N2O3. The third-order valence-corrected chi connectivity index (χ3v) is 2.85. The number of hydrogen-bond donors (Lipinski definition) is 2. The molecule has 0 radical (unpaired) electrons. The summed E-state index contributed by atoms with van der Waals surface area (Å²) in [6.45, 7) is 0. The normalized spacial score (nSPS) is 19.8. The molecule has 2 rings (SSSR count). The van der Waals surface area contributed by atoms with Crippen LogP contribution in [0.4, 0.5) is 5.69 Å². The van der Waals surface area contributed by atoms with Crippen molar-refractivity contribution in [2.75, 3.05) is 4.90 Å². The zero-order chi connectivity index (χ0) is 12.4. The van der Waals surface area contributed by atoms with Crippen LogP contribution < -0.4 is 4.90 Å². The fraction of sp³-hybridized carbons (Fsp3) is 0.333. The van der Waals surface area contributed by atoms with E-state index in [0.29, 0.717) is 24.1 Å². The summed E-state index contributed by atoms with van der Waals surface area (Å²) in [7, 11) is 0. The van der Waals surface area contributed by atoms with Gasteiger partial charge in [-0.1, -0.05) is 6.07 Å². The second-order valence-electron chi connectivity index (χ2n) is 3.95. The van der Waals surface area contributed by atoms with E-state index in [-0.39, 0.29) is 5.91 Å². The molecule has 5 nitrogen and oxygen atoms in total. The number of amides is 1. The van der Waals surface area contributed by atoms with Crippen molar-refractivity contribution in [1.29, 1.82) is 5.26 Å². The molecule has 1 atom stereocenters. The Labute approximate surface area is 98.5 Å². The third kappa shape index (κ3) is 2.13. The van der Waals surface area contributed by atoms with Gasteiger partial charge in [0.25, 0.3) is 0 Å². The molecule has 1 fully saturated rings. The second-order valence-corrected chi connectivity index (χ2v) is 3.95. The summed E-state index contributed by atoms with van der Waals surface area (Å²) in [5.74, 6) is -0.154. The highest BCUT2D eigenvalue weighted by Gasteiger charge is 2.36. The highest BCUT2D eigenvalue weighted by atomic mass is 16.5. The van der Waals surface area contributed by atoms with Crippen LogP contribution in [0.15, 0.2) is 24.3 Å². The number of aliphatic hydroxyl groups excluding tert-OH is 1. The molecule has 17 heavy (non-hydrogen) atoms. The number of rotatable bonds is 2. The molecule has 0 bridgehead atoms. The van der Waals surface area contributed by atoms with Crippen LogP contribution >= 0.6 is 0 Å². The van der Waals surface area contributed by atoms with Crippen LogP contribution in [0, 0.1) is 11.3 Å². The van der Waals surface area contributed by atoms with Gasteiger partial charge in [0.05, 0.1) is 17.7 Å². The van der Waals surface area contributed by atoms with Gasteiger partial charge in [0, 0.05) is 12.1 Å². The first-order valence-corrected chi connectivity index (χ1v) is 5.32. The van der Waals surface area contributed by atoms with Crippen molar-refractivity contribution in [1.82, 2.24) is 0 Å². The molecule has 1 amide bonds. The second kappa shape index (κ2) is 4.53. The van der Waals surface area contributed by atoms with Gasteiger partial charge in [0.1, 0.15) is 0 Å². The van der Waals surface area contributed by atoms with Crippen molar-refractivity contribution in [2.45, 2.75) is 25.2 Å². The van der Waals surface area contributed by atoms with Crippen LogP contribution in [0.3, 0.4) is 0 Å².